The molecule has 1 aromatic carbocycles. The van der Waals surface area contributed by atoms with Gasteiger partial charge in [-0.3, -0.25) is 9.59 Å². The fourth-order valence-corrected chi connectivity index (χ4v) is 3.83. The molecule has 5 nitrogen and oxygen atoms in total. The smallest absolute Gasteiger partial charge is 0.245 e. The van der Waals surface area contributed by atoms with Crippen molar-refractivity contribution in [2.75, 3.05) is 20.2 Å². The summed E-state index contributed by atoms with van der Waals surface area (Å²) in [5.74, 6) is 1.01. The van der Waals surface area contributed by atoms with Crippen molar-refractivity contribution in [1.82, 2.24) is 9.80 Å². The average molecular weight is 344 g/mol. The van der Waals surface area contributed by atoms with E-state index >= 15 is 0 Å². The van der Waals surface area contributed by atoms with Crippen LogP contribution in [0.25, 0.3) is 0 Å². The van der Waals surface area contributed by atoms with Crippen molar-refractivity contribution in [3.63, 3.8) is 0 Å². The normalized spacial score (nSPS) is 21.8. The van der Waals surface area contributed by atoms with Gasteiger partial charge >= 0.3 is 0 Å². The van der Waals surface area contributed by atoms with Crippen molar-refractivity contribution in [1.29, 1.82) is 0 Å². The largest absolute Gasteiger partial charge is 0.497 e. The highest BCUT2D eigenvalue weighted by Gasteiger charge is 2.34. The Morgan fingerprint density at radius 3 is 2.72 bits per heavy atom. The van der Waals surface area contributed by atoms with Gasteiger partial charge in [0.1, 0.15) is 11.8 Å². The Bertz CT molecular complexity index is 611. The first-order valence-electron chi connectivity index (χ1n) is 9.40. The number of amides is 2. The van der Waals surface area contributed by atoms with Crippen molar-refractivity contribution >= 4 is 11.8 Å². The van der Waals surface area contributed by atoms with Crippen LogP contribution < -0.4 is 4.74 Å². The van der Waals surface area contributed by atoms with Gasteiger partial charge in [0.25, 0.3) is 0 Å². The minimum Gasteiger partial charge on any atom is -0.497 e. The SMILES string of the molecule is COc1cccc(CN2C(=O)CCCCC2C(=O)N2CCCCC2)c1. The minimum atomic E-state index is -0.320. The van der Waals surface area contributed by atoms with E-state index in [2.05, 4.69) is 0 Å². The van der Waals surface area contributed by atoms with Gasteiger partial charge in [0.2, 0.25) is 11.8 Å². The summed E-state index contributed by atoms with van der Waals surface area (Å²) in [5, 5.41) is 0. The fourth-order valence-electron chi connectivity index (χ4n) is 3.83. The van der Waals surface area contributed by atoms with Gasteiger partial charge < -0.3 is 14.5 Å². The molecule has 2 aliphatic rings. The first kappa shape index (κ1) is 17.8. The topological polar surface area (TPSA) is 49.9 Å². The molecule has 0 spiro atoms. The van der Waals surface area contributed by atoms with Gasteiger partial charge in [-0.15, -0.1) is 0 Å². The van der Waals surface area contributed by atoms with Crippen molar-refractivity contribution in [3.8, 4) is 5.75 Å². The van der Waals surface area contributed by atoms with Gasteiger partial charge in [0, 0.05) is 26.1 Å². The van der Waals surface area contributed by atoms with Gasteiger partial charge in [0.15, 0.2) is 0 Å². The third-order valence-corrected chi connectivity index (χ3v) is 5.25. The van der Waals surface area contributed by atoms with Crippen LogP contribution in [0, 0.1) is 0 Å². The molecule has 2 aliphatic heterocycles. The standard InChI is InChI=1S/C20H28N2O3/c1-25-17-9-7-8-16(14-17)15-22-18(10-3-4-11-19(22)23)20(24)21-12-5-2-6-13-21/h7-9,14,18H,2-6,10-13,15H2,1H3. The molecule has 136 valence electrons. The zero-order chi connectivity index (χ0) is 17.6. The van der Waals surface area contributed by atoms with Gasteiger partial charge in [0.05, 0.1) is 7.11 Å². The van der Waals surface area contributed by atoms with E-state index in [-0.39, 0.29) is 17.9 Å². The predicted octanol–water partition coefficient (Wildman–Crippen LogP) is 2.98. The number of benzene rings is 1. The number of hydrogen-bond donors (Lipinski definition) is 0. The number of rotatable bonds is 4. The van der Waals surface area contributed by atoms with Crippen LogP contribution in [0.4, 0.5) is 0 Å². The number of hydrogen-bond acceptors (Lipinski definition) is 3. The van der Waals surface area contributed by atoms with E-state index in [1.807, 2.05) is 29.2 Å². The van der Waals surface area contributed by atoms with Gasteiger partial charge in [-0.2, -0.15) is 0 Å². The van der Waals surface area contributed by atoms with Gasteiger partial charge in [-0.1, -0.05) is 18.6 Å². The molecule has 2 amide bonds. The Labute approximate surface area is 149 Å². The highest BCUT2D eigenvalue weighted by molar-refractivity contribution is 5.88. The highest BCUT2D eigenvalue weighted by Crippen LogP contribution is 2.24. The number of methoxy groups -OCH3 is 1. The van der Waals surface area contributed by atoms with Crippen molar-refractivity contribution in [2.24, 2.45) is 0 Å². The van der Waals surface area contributed by atoms with Crippen LogP contribution in [0.15, 0.2) is 24.3 Å². The maximum absolute atomic E-state index is 13.1. The Morgan fingerprint density at radius 1 is 1.16 bits per heavy atom. The van der Waals surface area contributed by atoms with E-state index in [1.54, 1.807) is 12.0 Å². The summed E-state index contributed by atoms with van der Waals surface area (Å²) in [4.78, 5) is 29.5. The van der Waals surface area contributed by atoms with Crippen molar-refractivity contribution in [2.45, 2.75) is 57.5 Å². The Kier molecular flexibility index (Phi) is 5.95. The monoisotopic (exact) mass is 344 g/mol. The first-order chi connectivity index (χ1) is 12.2. The number of likely N-dealkylation sites (tertiary alicyclic amines) is 2. The Balaban J connectivity index is 1.80. The number of piperidine rings is 1. The molecule has 3 rings (SSSR count). The zero-order valence-electron chi connectivity index (χ0n) is 15.1. The molecule has 5 heteroatoms. The lowest BCUT2D eigenvalue weighted by Crippen LogP contribution is -2.51. The van der Waals surface area contributed by atoms with E-state index in [0.717, 1.165) is 56.5 Å². The molecule has 0 bridgehead atoms. The maximum Gasteiger partial charge on any atom is 0.245 e. The van der Waals surface area contributed by atoms with E-state index < -0.39 is 0 Å². The van der Waals surface area contributed by atoms with Crippen LogP contribution in [0.5, 0.6) is 5.75 Å². The summed E-state index contributed by atoms with van der Waals surface area (Å²) < 4.78 is 5.29. The number of nitrogens with zero attached hydrogens (tertiary/aromatic N) is 2. The predicted molar refractivity (Wildman–Crippen MR) is 96.2 cm³/mol. The van der Waals surface area contributed by atoms with E-state index in [4.69, 9.17) is 4.74 Å². The summed E-state index contributed by atoms with van der Waals surface area (Å²) >= 11 is 0. The molecule has 1 atom stereocenters. The van der Waals surface area contributed by atoms with Gasteiger partial charge in [-0.25, -0.2) is 0 Å². The van der Waals surface area contributed by atoms with Gasteiger partial charge in [-0.05, 0) is 49.8 Å². The highest BCUT2D eigenvalue weighted by atomic mass is 16.5. The lowest BCUT2D eigenvalue weighted by atomic mass is 10.0. The molecule has 0 radical (unpaired) electrons. The zero-order valence-corrected chi connectivity index (χ0v) is 15.1. The molecular weight excluding hydrogens is 316 g/mol. The van der Waals surface area contributed by atoms with Crippen molar-refractivity contribution < 1.29 is 14.3 Å². The maximum atomic E-state index is 13.1. The number of carbonyl (C=O) groups is 2. The molecular formula is C20H28N2O3. The Morgan fingerprint density at radius 2 is 1.96 bits per heavy atom. The molecule has 2 heterocycles. The van der Waals surface area contributed by atoms with Crippen molar-refractivity contribution in [3.05, 3.63) is 29.8 Å². The molecule has 1 aromatic rings. The lowest BCUT2D eigenvalue weighted by Gasteiger charge is -2.35. The number of ether oxygens (including phenoxy) is 1. The summed E-state index contributed by atoms with van der Waals surface area (Å²) in [6, 6.07) is 7.44. The molecule has 0 N–H and O–H groups in total. The van der Waals surface area contributed by atoms with E-state index in [0.29, 0.717) is 13.0 Å². The van der Waals surface area contributed by atoms with E-state index in [9.17, 15) is 9.59 Å². The quantitative estimate of drug-likeness (QED) is 0.844. The third kappa shape index (κ3) is 4.33. The molecule has 25 heavy (non-hydrogen) atoms. The second kappa shape index (κ2) is 8.37. The summed E-state index contributed by atoms with van der Waals surface area (Å²) in [5.41, 5.74) is 1.01. The van der Waals surface area contributed by atoms with Crippen LogP contribution in [-0.4, -0.2) is 47.9 Å². The molecule has 1 unspecified atom stereocenters. The molecule has 2 saturated heterocycles. The lowest BCUT2D eigenvalue weighted by molar-refractivity contribution is -0.146. The minimum absolute atomic E-state index is 0.0932. The number of carbonyl (C=O) groups excluding carboxylic acids is 2. The second-order valence-corrected chi connectivity index (χ2v) is 7.02. The second-order valence-electron chi connectivity index (χ2n) is 7.02. The Hall–Kier alpha value is -2.04. The van der Waals surface area contributed by atoms with E-state index in [1.165, 1.54) is 6.42 Å². The first-order valence-corrected chi connectivity index (χ1v) is 9.40. The van der Waals surface area contributed by atoms with Crippen LogP contribution in [0.1, 0.15) is 50.5 Å². The molecule has 2 fully saturated rings. The molecule has 0 aliphatic carbocycles. The molecule has 0 saturated carbocycles. The fraction of sp³-hybridized carbons (Fsp3) is 0.600. The van der Waals surface area contributed by atoms with Crippen LogP contribution in [-0.2, 0) is 16.1 Å². The third-order valence-electron chi connectivity index (χ3n) is 5.25. The average Bonchev–Trinajstić information content (AvgIpc) is 2.84. The summed E-state index contributed by atoms with van der Waals surface area (Å²) in [6.07, 6.45) is 6.45. The van der Waals surface area contributed by atoms with Crippen LogP contribution in [0.3, 0.4) is 0 Å². The summed E-state index contributed by atoms with van der Waals surface area (Å²) in [7, 11) is 1.64. The van der Waals surface area contributed by atoms with Crippen LogP contribution >= 0.6 is 0 Å². The molecule has 0 aromatic heterocycles. The summed E-state index contributed by atoms with van der Waals surface area (Å²) in [6.45, 7) is 2.13. The van der Waals surface area contributed by atoms with Crippen LogP contribution in [0.2, 0.25) is 0 Å².